The van der Waals surface area contributed by atoms with Crippen LogP contribution >= 0.6 is 0 Å². The van der Waals surface area contributed by atoms with Crippen LogP contribution in [0.3, 0.4) is 0 Å². The van der Waals surface area contributed by atoms with Crippen molar-refractivity contribution in [3.63, 3.8) is 0 Å². The standard InChI is InChI=1S/C18H23N3O2/c1-2-15(21-9-11-23-12-10-21)13-17(22)20-16-7-3-5-14-6-4-8-19-18(14)16/h3-8,15H,2,9-13H2,1H3,(H,20,22)/t15-/m1/s1. The van der Waals surface area contributed by atoms with Crippen LogP contribution in [0.25, 0.3) is 10.9 Å². The van der Waals surface area contributed by atoms with Crippen LogP contribution in [0.15, 0.2) is 36.5 Å². The van der Waals surface area contributed by atoms with Gasteiger partial charge in [-0.2, -0.15) is 0 Å². The molecule has 1 aromatic carbocycles. The van der Waals surface area contributed by atoms with Crippen molar-refractivity contribution in [1.29, 1.82) is 0 Å². The highest BCUT2D eigenvalue weighted by molar-refractivity contribution is 6.00. The number of para-hydroxylation sites is 1. The maximum atomic E-state index is 12.5. The molecule has 23 heavy (non-hydrogen) atoms. The van der Waals surface area contributed by atoms with Crippen molar-refractivity contribution >= 4 is 22.5 Å². The number of carbonyl (C=O) groups is 1. The van der Waals surface area contributed by atoms with E-state index in [0.29, 0.717) is 6.42 Å². The Balaban J connectivity index is 1.68. The molecule has 1 aliphatic heterocycles. The minimum absolute atomic E-state index is 0.0431. The minimum Gasteiger partial charge on any atom is -0.379 e. The molecule has 0 bridgehead atoms. The highest BCUT2D eigenvalue weighted by Crippen LogP contribution is 2.21. The lowest BCUT2D eigenvalue weighted by Gasteiger charge is -2.33. The summed E-state index contributed by atoms with van der Waals surface area (Å²) in [7, 11) is 0. The Kier molecular flexibility index (Phi) is 5.20. The molecule has 122 valence electrons. The maximum absolute atomic E-state index is 12.5. The Hall–Kier alpha value is -1.98. The van der Waals surface area contributed by atoms with Crippen LogP contribution in [0, 0.1) is 0 Å². The topological polar surface area (TPSA) is 54.5 Å². The predicted molar refractivity (Wildman–Crippen MR) is 91.5 cm³/mol. The molecule has 5 nitrogen and oxygen atoms in total. The summed E-state index contributed by atoms with van der Waals surface area (Å²) < 4.78 is 5.39. The van der Waals surface area contributed by atoms with E-state index in [1.165, 1.54) is 0 Å². The molecule has 5 heteroatoms. The zero-order valence-corrected chi connectivity index (χ0v) is 13.5. The summed E-state index contributed by atoms with van der Waals surface area (Å²) in [4.78, 5) is 19.2. The Labute approximate surface area is 136 Å². The van der Waals surface area contributed by atoms with Gasteiger partial charge in [0.2, 0.25) is 5.91 Å². The van der Waals surface area contributed by atoms with E-state index in [0.717, 1.165) is 49.3 Å². The molecule has 1 amide bonds. The fourth-order valence-electron chi connectivity index (χ4n) is 3.09. The Morgan fingerprint density at radius 1 is 1.30 bits per heavy atom. The van der Waals surface area contributed by atoms with Crippen molar-refractivity contribution in [3.05, 3.63) is 36.5 Å². The zero-order chi connectivity index (χ0) is 16.1. The van der Waals surface area contributed by atoms with Crippen molar-refractivity contribution in [2.24, 2.45) is 0 Å². The van der Waals surface area contributed by atoms with Gasteiger partial charge in [0.05, 0.1) is 24.4 Å². The molecule has 1 N–H and O–H groups in total. The van der Waals surface area contributed by atoms with Crippen LogP contribution in [0.1, 0.15) is 19.8 Å². The third kappa shape index (κ3) is 3.86. The largest absolute Gasteiger partial charge is 0.379 e. The number of benzene rings is 1. The van der Waals surface area contributed by atoms with E-state index in [1.54, 1.807) is 6.20 Å². The number of ether oxygens (including phenoxy) is 1. The van der Waals surface area contributed by atoms with E-state index < -0.39 is 0 Å². The second-order valence-electron chi connectivity index (χ2n) is 5.84. The van der Waals surface area contributed by atoms with Crippen molar-refractivity contribution in [2.75, 3.05) is 31.6 Å². The van der Waals surface area contributed by atoms with Crippen LogP contribution in [0.5, 0.6) is 0 Å². The number of nitrogens with one attached hydrogen (secondary N) is 1. The van der Waals surface area contributed by atoms with Gasteiger partial charge >= 0.3 is 0 Å². The van der Waals surface area contributed by atoms with Crippen LogP contribution in [-0.4, -0.2) is 48.1 Å². The van der Waals surface area contributed by atoms with Crippen molar-refractivity contribution in [1.82, 2.24) is 9.88 Å². The third-order valence-electron chi connectivity index (χ3n) is 4.36. The number of rotatable bonds is 5. The number of amides is 1. The van der Waals surface area contributed by atoms with Gasteiger partial charge in [0.1, 0.15) is 0 Å². The molecule has 1 saturated heterocycles. The van der Waals surface area contributed by atoms with E-state index in [9.17, 15) is 4.79 Å². The zero-order valence-electron chi connectivity index (χ0n) is 13.5. The maximum Gasteiger partial charge on any atom is 0.226 e. The molecule has 3 rings (SSSR count). The number of hydrogen-bond acceptors (Lipinski definition) is 4. The number of carbonyl (C=O) groups excluding carboxylic acids is 1. The van der Waals surface area contributed by atoms with Crippen molar-refractivity contribution in [2.45, 2.75) is 25.8 Å². The molecule has 1 fully saturated rings. The molecule has 0 unspecified atom stereocenters. The molecule has 0 spiro atoms. The first kappa shape index (κ1) is 15.9. The van der Waals surface area contributed by atoms with Crippen molar-refractivity contribution in [3.8, 4) is 0 Å². The SMILES string of the molecule is CC[C@H](CC(=O)Nc1cccc2cccnc12)N1CCOCC1. The molecule has 1 aliphatic rings. The Morgan fingerprint density at radius 3 is 2.87 bits per heavy atom. The predicted octanol–water partition coefficient (Wildman–Crippen LogP) is 2.67. The molecule has 0 saturated carbocycles. The summed E-state index contributed by atoms with van der Waals surface area (Å²) in [5.41, 5.74) is 1.62. The lowest BCUT2D eigenvalue weighted by molar-refractivity contribution is -0.118. The van der Waals surface area contributed by atoms with Gasteiger partial charge in [-0.3, -0.25) is 14.7 Å². The summed E-state index contributed by atoms with van der Waals surface area (Å²) in [5.74, 6) is 0.0431. The summed E-state index contributed by atoms with van der Waals surface area (Å²) >= 11 is 0. The average Bonchev–Trinajstić information content (AvgIpc) is 2.61. The summed E-state index contributed by atoms with van der Waals surface area (Å²) in [6.45, 7) is 5.45. The normalized spacial score (nSPS) is 17.1. The second-order valence-corrected chi connectivity index (χ2v) is 5.84. The number of fused-ring (bicyclic) bond motifs is 1. The quantitative estimate of drug-likeness (QED) is 0.922. The van der Waals surface area contributed by atoms with Crippen molar-refractivity contribution < 1.29 is 9.53 Å². The Bertz CT molecular complexity index is 663. The molecule has 2 aromatic rings. The lowest BCUT2D eigenvalue weighted by atomic mass is 10.1. The van der Waals surface area contributed by atoms with Gasteiger partial charge in [-0.25, -0.2) is 0 Å². The highest BCUT2D eigenvalue weighted by Gasteiger charge is 2.22. The number of hydrogen-bond donors (Lipinski definition) is 1. The Morgan fingerprint density at radius 2 is 2.09 bits per heavy atom. The van der Waals surface area contributed by atoms with Crippen LogP contribution in [0.4, 0.5) is 5.69 Å². The fourth-order valence-corrected chi connectivity index (χ4v) is 3.09. The van der Waals surface area contributed by atoms with Crippen LogP contribution in [0.2, 0.25) is 0 Å². The van der Waals surface area contributed by atoms with Crippen LogP contribution in [-0.2, 0) is 9.53 Å². The second kappa shape index (κ2) is 7.53. The first-order valence-electron chi connectivity index (χ1n) is 8.23. The van der Waals surface area contributed by atoms with E-state index in [2.05, 4.69) is 22.1 Å². The highest BCUT2D eigenvalue weighted by atomic mass is 16.5. The molecule has 0 aliphatic carbocycles. The minimum atomic E-state index is 0.0431. The average molecular weight is 313 g/mol. The fraction of sp³-hybridized carbons (Fsp3) is 0.444. The number of aromatic nitrogens is 1. The first-order valence-corrected chi connectivity index (χ1v) is 8.23. The summed E-state index contributed by atoms with van der Waals surface area (Å²) in [6.07, 6.45) is 3.21. The number of nitrogens with zero attached hydrogens (tertiary/aromatic N) is 2. The summed E-state index contributed by atoms with van der Waals surface area (Å²) in [5, 5.41) is 4.06. The molecule has 2 heterocycles. The lowest BCUT2D eigenvalue weighted by Crippen LogP contribution is -2.44. The van der Waals surface area contributed by atoms with Gasteiger partial charge < -0.3 is 10.1 Å². The monoisotopic (exact) mass is 313 g/mol. The van der Waals surface area contributed by atoms with Gasteiger partial charge in [0.15, 0.2) is 0 Å². The van der Waals surface area contributed by atoms with Gasteiger partial charge in [0, 0.05) is 37.1 Å². The number of morpholine rings is 1. The molecule has 1 atom stereocenters. The molecule has 0 radical (unpaired) electrons. The number of pyridine rings is 1. The smallest absolute Gasteiger partial charge is 0.226 e. The number of anilines is 1. The van der Waals surface area contributed by atoms with E-state index in [-0.39, 0.29) is 11.9 Å². The van der Waals surface area contributed by atoms with Gasteiger partial charge in [-0.05, 0) is 18.6 Å². The molecular formula is C18H23N3O2. The van der Waals surface area contributed by atoms with E-state index in [1.807, 2.05) is 30.3 Å². The van der Waals surface area contributed by atoms with E-state index >= 15 is 0 Å². The molecule has 1 aromatic heterocycles. The van der Waals surface area contributed by atoms with Gasteiger partial charge in [-0.15, -0.1) is 0 Å². The first-order chi connectivity index (χ1) is 11.3. The van der Waals surface area contributed by atoms with E-state index in [4.69, 9.17) is 4.74 Å². The molecular weight excluding hydrogens is 290 g/mol. The van der Waals surface area contributed by atoms with Gasteiger partial charge in [0.25, 0.3) is 0 Å². The van der Waals surface area contributed by atoms with Crippen LogP contribution < -0.4 is 5.32 Å². The van der Waals surface area contributed by atoms with Gasteiger partial charge in [-0.1, -0.05) is 25.1 Å². The third-order valence-corrected chi connectivity index (χ3v) is 4.36. The summed E-state index contributed by atoms with van der Waals surface area (Å²) in [6, 6.07) is 10.0.